The third-order valence-corrected chi connectivity index (χ3v) is 7.31. The molecule has 0 aliphatic rings. The van der Waals surface area contributed by atoms with Crippen LogP contribution in [-0.2, 0) is 8.85 Å². The highest BCUT2D eigenvalue weighted by Gasteiger charge is 2.03. The van der Waals surface area contributed by atoms with Gasteiger partial charge >= 0.3 is 0 Å². The minimum Gasteiger partial charge on any atom is -0.421 e. The van der Waals surface area contributed by atoms with E-state index in [1.807, 2.05) is 0 Å². The van der Waals surface area contributed by atoms with Crippen molar-refractivity contribution in [3.63, 3.8) is 0 Å². The van der Waals surface area contributed by atoms with E-state index in [-0.39, 0.29) is 19.5 Å². The fourth-order valence-corrected chi connectivity index (χ4v) is 5.69. The van der Waals surface area contributed by atoms with Gasteiger partial charge in [-0.15, -0.1) is 0 Å². The predicted octanol–water partition coefficient (Wildman–Crippen LogP) is 4.35. The van der Waals surface area contributed by atoms with E-state index in [9.17, 15) is 0 Å². The standard InChI is InChI=1S/C17H40O2Si2/c1-5-16(6-2)18-20-14-12-10-9-11-13-15-21-19-17(7-3)8-4/h16-17H,5-15,20-21H2,1-4H3. The van der Waals surface area contributed by atoms with E-state index in [1.165, 1.54) is 69.9 Å². The zero-order chi connectivity index (χ0) is 15.8. The second kappa shape index (κ2) is 16.7. The Morgan fingerprint density at radius 3 is 1.24 bits per heavy atom. The van der Waals surface area contributed by atoms with Crippen LogP contribution in [0.5, 0.6) is 0 Å². The summed E-state index contributed by atoms with van der Waals surface area (Å²) in [6.45, 7) is 8.94. The molecule has 0 radical (unpaired) electrons. The Labute approximate surface area is 138 Å². The summed E-state index contributed by atoms with van der Waals surface area (Å²) in [6, 6.07) is 2.76. The zero-order valence-corrected chi connectivity index (χ0v) is 18.0. The highest BCUT2D eigenvalue weighted by Crippen LogP contribution is 2.10. The monoisotopic (exact) mass is 332 g/mol. The lowest BCUT2D eigenvalue weighted by Crippen LogP contribution is -2.13. The van der Waals surface area contributed by atoms with E-state index in [0.717, 1.165) is 0 Å². The summed E-state index contributed by atoms with van der Waals surface area (Å²) in [5.41, 5.74) is 0. The SMILES string of the molecule is CCC(CC)O[SiH2]CCCCCCC[SiH2]OC(CC)CC. The Bertz CT molecular complexity index is 175. The van der Waals surface area contributed by atoms with Crippen molar-refractivity contribution < 1.29 is 8.85 Å². The largest absolute Gasteiger partial charge is 0.421 e. The molecule has 0 unspecified atom stereocenters. The molecular weight excluding hydrogens is 292 g/mol. The van der Waals surface area contributed by atoms with Crippen LogP contribution in [0.4, 0.5) is 0 Å². The lowest BCUT2D eigenvalue weighted by atomic mass is 10.2. The van der Waals surface area contributed by atoms with Crippen molar-refractivity contribution in [1.82, 2.24) is 0 Å². The summed E-state index contributed by atoms with van der Waals surface area (Å²) in [4.78, 5) is 0. The van der Waals surface area contributed by atoms with Gasteiger partial charge in [-0.25, -0.2) is 0 Å². The normalized spacial score (nSPS) is 12.9. The predicted molar refractivity (Wildman–Crippen MR) is 101 cm³/mol. The highest BCUT2D eigenvalue weighted by molar-refractivity contribution is 6.27. The summed E-state index contributed by atoms with van der Waals surface area (Å²) in [6.07, 6.45) is 12.9. The maximum absolute atomic E-state index is 5.97. The smallest absolute Gasteiger partial charge is 0.161 e. The van der Waals surface area contributed by atoms with Gasteiger partial charge in [-0.3, -0.25) is 0 Å². The van der Waals surface area contributed by atoms with Crippen LogP contribution in [0, 0.1) is 0 Å². The van der Waals surface area contributed by atoms with Crippen LogP contribution >= 0.6 is 0 Å². The van der Waals surface area contributed by atoms with Crippen molar-refractivity contribution >= 4 is 19.5 Å². The molecule has 0 rings (SSSR count). The van der Waals surface area contributed by atoms with Gasteiger partial charge in [-0.1, -0.05) is 59.8 Å². The van der Waals surface area contributed by atoms with Crippen LogP contribution in [0.3, 0.4) is 0 Å². The summed E-state index contributed by atoms with van der Waals surface area (Å²) in [7, 11) is -0.467. The van der Waals surface area contributed by atoms with E-state index in [1.54, 1.807) is 0 Å². The second-order valence-electron chi connectivity index (χ2n) is 6.09. The average Bonchev–Trinajstić information content (AvgIpc) is 2.52. The molecule has 4 heteroatoms. The second-order valence-corrected chi connectivity index (χ2v) is 8.99. The minimum absolute atomic E-state index is 0.234. The summed E-state index contributed by atoms with van der Waals surface area (Å²) in [5, 5.41) is 0. The van der Waals surface area contributed by atoms with E-state index in [0.29, 0.717) is 12.2 Å². The molecule has 0 amide bonds. The molecule has 0 saturated heterocycles. The Morgan fingerprint density at radius 1 is 0.571 bits per heavy atom. The topological polar surface area (TPSA) is 18.5 Å². The van der Waals surface area contributed by atoms with Gasteiger partial charge in [0.1, 0.15) is 0 Å². The van der Waals surface area contributed by atoms with Crippen LogP contribution < -0.4 is 0 Å². The first-order valence-electron chi connectivity index (χ1n) is 9.51. The Kier molecular flexibility index (Phi) is 17.0. The fraction of sp³-hybridized carbons (Fsp3) is 1.00. The first-order valence-corrected chi connectivity index (χ1v) is 12.7. The zero-order valence-electron chi connectivity index (χ0n) is 15.2. The molecule has 0 aromatic rings. The van der Waals surface area contributed by atoms with Crippen molar-refractivity contribution in [2.24, 2.45) is 0 Å². The molecule has 0 spiro atoms. The number of rotatable bonds is 16. The van der Waals surface area contributed by atoms with Crippen molar-refractivity contribution in [2.75, 3.05) is 0 Å². The van der Waals surface area contributed by atoms with Gasteiger partial charge in [-0.2, -0.15) is 0 Å². The van der Waals surface area contributed by atoms with Crippen LogP contribution in [0.15, 0.2) is 0 Å². The van der Waals surface area contributed by atoms with Gasteiger partial charge in [0.2, 0.25) is 0 Å². The maximum atomic E-state index is 5.97. The minimum atomic E-state index is -0.234. The molecule has 0 aliphatic carbocycles. The molecule has 0 bridgehead atoms. The molecule has 21 heavy (non-hydrogen) atoms. The van der Waals surface area contributed by atoms with E-state index >= 15 is 0 Å². The maximum Gasteiger partial charge on any atom is 0.161 e. The molecule has 128 valence electrons. The molecule has 0 atom stereocenters. The average molecular weight is 333 g/mol. The molecule has 0 heterocycles. The summed E-state index contributed by atoms with van der Waals surface area (Å²) >= 11 is 0. The first-order chi connectivity index (χ1) is 10.3. The van der Waals surface area contributed by atoms with Gasteiger partial charge in [0, 0.05) is 12.2 Å². The van der Waals surface area contributed by atoms with E-state index < -0.39 is 0 Å². The fourth-order valence-electron chi connectivity index (χ4n) is 2.64. The third kappa shape index (κ3) is 13.7. The molecular formula is C17H40O2Si2. The Balaban J connectivity index is 3.15. The van der Waals surface area contributed by atoms with Gasteiger partial charge in [-0.05, 0) is 37.8 Å². The Morgan fingerprint density at radius 2 is 0.905 bits per heavy atom. The van der Waals surface area contributed by atoms with Gasteiger partial charge in [0.25, 0.3) is 0 Å². The van der Waals surface area contributed by atoms with Crippen LogP contribution in [0.25, 0.3) is 0 Å². The lowest BCUT2D eigenvalue weighted by Gasteiger charge is -2.14. The molecule has 2 nitrogen and oxygen atoms in total. The summed E-state index contributed by atoms with van der Waals surface area (Å²) in [5.74, 6) is 0. The van der Waals surface area contributed by atoms with Gasteiger partial charge in [0.05, 0.1) is 0 Å². The van der Waals surface area contributed by atoms with Crippen molar-refractivity contribution in [1.29, 1.82) is 0 Å². The Hall–Kier alpha value is 0.354. The lowest BCUT2D eigenvalue weighted by molar-refractivity contribution is 0.202. The van der Waals surface area contributed by atoms with Gasteiger partial charge in [0.15, 0.2) is 19.5 Å². The summed E-state index contributed by atoms with van der Waals surface area (Å²) < 4.78 is 11.9. The van der Waals surface area contributed by atoms with Crippen molar-refractivity contribution in [3.8, 4) is 0 Å². The van der Waals surface area contributed by atoms with Crippen molar-refractivity contribution in [3.05, 3.63) is 0 Å². The quantitative estimate of drug-likeness (QED) is 0.309. The molecule has 0 fully saturated rings. The third-order valence-electron chi connectivity index (χ3n) is 4.32. The molecule has 0 aromatic heterocycles. The van der Waals surface area contributed by atoms with Crippen LogP contribution in [0.2, 0.25) is 12.1 Å². The van der Waals surface area contributed by atoms with E-state index in [4.69, 9.17) is 8.85 Å². The number of unbranched alkanes of at least 4 members (excludes halogenated alkanes) is 4. The first kappa shape index (κ1) is 21.4. The van der Waals surface area contributed by atoms with Crippen molar-refractivity contribution in [2.45, 2.75) is 110 Å². The molecule has 0 aliphatic heterocycles. The molecule has 0 N–H and O–H groups in total. The highest BCUT2D eigenvalue weighted by atomic mass is 28.2. The van der Waals surface area contributed by atoms with Crippen LogP contribution in [0.1, 0.15) is 85.5 Å². The molecule has 0 saturated carbocycles. The number of hydrogen-bond acceptors (Lipinski definition) is 2. The number of hydrogen-bond donors (Lipinski definition) is 0. The molecule has 0 aromatic carbocycles. The van der Waals surface area contributed by atoms with Gasteiger partial charge < -0.3 is 8.85 Å². The van der Waals surface area contributed by atoms with Crippen LogP contribution in [-0.4, -0.2) is 31.7 Å². The van der Waals surface area contributed by atoms with E-state index in [2.05, 4.69) is 27.7 Å².